The van der Waals surface area contributed by atoms with Crippen LogP contribution >= 0.6 is 0 Å². The number of carbonyl (C=O) groups excluding carboxylic acids is 1. The quantitative estimate of drug-likeness (QED) is 0.736. The molecule has 0 radical (unpaired) electrons. The van der Waals surface area contributed by atoms with Gasteiger partial charge in [-0.2, -0.15) is 0 Å². The third-order valence-corrected chi connectivity index (χ3v) is 6.20. The second-order valence-corrected chi connectivity index (χ2v) is 9.73. The molecule has 172 valence electrons. The summed E-state index contributed by atoms with van der Waals surface area (Å²) in [4.78, 5) is 29.8. The van der Waals surface area contributed by atoms with Gasteiger partial charge in [-0.25, -0.2) is 9.59 Å². The molecule has 0 aliphatic carbocycles. The maximum atomic E-state index is 12.2. The SMILES string of the molecule is CC(C)(C)OC(=O)N1CCN(CCCC2CCN(c3ccc(C(=O)O)cc3)CC2)CC1. The number of anilines is 1. The summed E-state index contributed by atoms with van der Waals surface area (Å²) in [6, 6.07) is 7.21. The molecule has 1 aromatic rings. The lowest BCUT2D eigenvalue weighted by Crippen LogP contribution is -2.50. The van der Waals surface area contributed by atoms with Gasteiger partial charge >= 0.3 is 12.1 Å². The Balaban J connectivity index is 1.31. The Labute approximate surface area is 185 Å². The van der Waals surface area contributed by atoms with E-state index in [-0.39, 0.29) is 6.09 Å². The zero-order chi connectivity index (χ0) is 22.4. The highest BCUT2D eigenvalue weighted by atomic mass is 16.6. The van der Waals surface area contributed by atoms with Crippen molar-refractivity contribution in [1.82, 2.24) is 9.80 Å². The molecule has 0 aromatic heterocycles. The number of ether oxygens (including phenoxy) is 1. The Bertz CT molecular complexity index is 728. The van der Waals surface area contributed by atoms with Crippen molar-refractivity contribution in [3.63, 3.8) is 0 Å². The van der Waals surface area contributed by atoms with Crippen molar-refractivity contribution in [2.45, 2.75) is 52.1 Å². The van der Waals surface area contributed by atoms with Crippen LogP contribution in [-0.4, -0.2) is 78.4 Å². The molecule has 0 saturated carbocycles. The largest absolute Gasteiger partial charge is 0.478 e. The van der Waals surface area contributed by atoms with Crippen molar-refractivity contribution in [1.29, 1.82) is 0 Å². The number of benzene rings is 1. The second-order valence-electron chi connectivity index (χ2n) is 9.73. The third-order valence-electron chi connectivity index (χ3n) is 6.20. The molecule has 0 atom stereocenters. The number of carboxylic acids is 1. The zero-order valence-electron chi connectivity index (χ0n) is 19.2. The zero-order valence-corrected chi connectivity index (χ0v) is 19.2. The lowest BCUT2D eigenvalue weighted by Gasteiger charge is -2.36. The van der Waals surface area contributed by atoms with Gasteiger partial charge in [0.1, 0.15) is 5.60 Å². The first-order valence-electron chi connectivity index (χ1n) is 11.5. The molecule has 2 saturated heterocycles. The van der Waals surface area contributed by atoms with E-state index in [1.807, 2.05) is 37.8 Å². The van der Waals surface area contributed by atoms with Crippen LogP contribution in [0.1, 0.15) is 56.8 Å². The number of aromatic carboxylic acids is 1. The number of amides is 1. The van der Waals surface area contributed by atoms with Gasteiger partial charge < -0.3 is 19.6 Å². The Kier molecular flexibility index (Phi) is 7.81. The molecule has 2 aliphatic heterocycles. The number of piperazine rings is 1. The molecule has 0 unspecified atom stereocenters. The molecule has 0 spiro atoms. The van der Waals surface area contributed by atoms with Crippen molar-refractivity contribution < 1.29 is 19.4 Å². The Hall–Kier alpha value is -2.28. The van der Waals surface area contributed by atoms with Crippen molar-refractivity contribution in [3.8, 4) is 0 Å². The predicted octanol–water partition coefficient (Wildman–Crippen LogP) is 3.93. The van der Waals surface area contributed by atoms with Crippen molar-refractivity contribution in [2.24, 2.45) is 5.92 Å². The van der Waals surface area contributed by atoms with Crippen LogP contribution < -0.4 is 4.90 Å². The molecule has 31 heavy (non-hydrogen) atoms. The fourth-order valence-electron chi connectivity index (χ4n) is 4.38. The summed E-state index contributed by atoms with van der Waals surface area (Å²) >= 11 is 0. The van der Waals surface area contributed by atoms with Gasteiger partial charge in [0.05, 0.1) is 5.56 Å². The average molecular weight is 432 g/mol. The summed E-state index contributed by atoms with van der Waals surface area (Å²) in [5.41, 5.74) is 1.02. The van der Waals surface area contributed by atoms with Gasteiger partial charge in [-0.15, -0.1) is 0 Å². The minimum atomic E-state index is -0.878. The summed E-state index contributed by atoms with van der Waals surface area (Å²) in [5, 5.41) is 9.04. The summed E-state index contributed by atoms with van der Waals surface area (Å²) in [7, 11) is 0. The van der Waals surface area contributed by atoms with Crippen molar-refractivity contribution in [2.75, 3.05) is 50.7 Å². The summed E-state index contributed by atoms with van der Waals surface area (Å²) in [5.74, 6) is -0.117. The van der Waals surface area contributed by atoms with Crippen LogP contribution in [0.15, 0.2) is 24.3 Å². The Morgan fingerprint density at radius 1 is 1.00 bits per heavy atom. The van der Waals surface area contributed by atoms with Gasteiger partial charge in [0.15, 0.2) is 0 Å². The van der Waals surface area contributed by atoms with Crippen LogP contribution in [0.2, 0.25) is 0 Å². The van der Waals surface area contributed by atoms with Crippen molar-refractivity contribution in [3.05, 3.63) is 29.8 Å². The van der Waals surface area contributed by atoms with E-state index in [2.05, 4.69) is 9.80 Å². The first kappa shape index (κ1) is 23.4. The van der Waals surface area contributed by atoms with Crippen LogP contribution in [-0.2, 0) is 4.74 Å². The lowest BCUT2D eigenvalue weighted by molar-refractivity contribution is 0.0143. The highest BCUT2D eigenvalue weighted by Crippen LogP contribution is 2.26. The molecule has 1 N–H and O–H groups in total. The minimum Gasteiger partial charge on any atom is -0.478 e. The maximum absolute atomic E-state index is 12.2. The van der Waals surface area contributed by atoms with Gasteiger partial charge in [-0.3, -0.25) is 4.90 Å². The number of hydrogen-bond acceptors (Lipinski definition) is 5. The topological polar surface area (TPSA) is 73.3 Å². The van der Waals surface area contributed by atoms with Gasteiger partial charge in [0.25, 0.3) is 0 Å². The highest BCUT2D eigenvalue weighted by molar-refractivity contribution is 5.88. The van der Waals surface area contributed by atoms with Gasteiger partial charge in [0.2, 0.25) is 0 Å². The number of rotatable bonds is 6. The summed E-state index contributed by atoms with van der Waals surface area (Å²) in [6.45, 7) is 12.2. The van der Waals surface area contributed by atoms with Crippen LogP contribution in [0.5, 0.6) is 0 Å². The number of carbonyl (C=O) groups is 2. The van der Waals surface area contributed by atoms with Crippen LogP contribution in [0.4, 0.5) is 10.5 Å². The molecule has 1 amide bonds. The molecular formula is C24H37N3O4. The Morgan fingerprint density at radius 3 is 2.16 bits per heavy atom. The lowest BCUT2D eigenvalue weighted by atomic mass is 9.91. The standard InChI is InChI=1S/C24H37N3O4/c1-24(2,3)31-23(30)27-17-15-25(16-18-27)12-4-5-19-10-13-26(14-11-19)21-8-6-20(7-9-21)22(28)29/h6-9,19H,4-5,10-18H2,1-3H3,(H,28,29). The first-order chi connectivity index (χ1) is 14.7. The molecule has 2 heterocycles. The monoisotopic (exact) mass is 431 g/mol. The van der Waals surface area contributed by atoms with E-state index < -0.39 is 11.6 Å². The Morgan fingerprint density at radius 2 is 1.61 bits per heavy atom. The number of carboxylic acid groups (broad SMARTS) is 1. The average Bonchev–Trinajstić information content (AvgIpc) is 2.73. The van der Waals surface area contributed by atoms with E-state index >= 15 is 0 Å². The van der Waals surface area contributed by atoms with Crippen LogP contribution in [0.25, 0.3) is 0 Å². The van der Waals surface area contributed by atoms with Gasteiger partial charge in [-0.1, -0.05) is 0 Å². The molecule has 0 bridgehead atoms. The van der Waals surface area contributed by atoms with E-state index in [1.54, 1.807) is 12.1 Å². The number of piperidine rings is 1. The molecule has 1 aromatic carbocycles. The second kappa shape index (κ2) is 10.4. The molecule has 2 aliphatic rings. The van der Waals surface area contributed by atoms with Crippen LogP contribution in [0.3, 0.4) is 0 Å². The van der Waals surface area contributed by atoms with E-state index in [1.165, 1.54) is 25.7 Å². The van der Waals surface area contributed by atoms with Gasteiger partial charge in [-0.05, 0) is 83.2 Å². The maximum Gasteiger partial charge on any atom is 0.410 e. The van der Waals surface area contributed by atoms with E-state index in [0.717, 1.165) is 57.4 Å². The smallest absolute Gasteiger partial charge is 0.410 e. The molecular weight excluding hydrogens is 394 g/mol. The first-order valence-corrected chi connectivity index (χ1v) is 11.5. The van der Waals surface area contributed by atoms with E-state index in [9.17, 15) is 9.59 Å². The molecule has 7 nitrogen and oxygen atoms in total. The minimum absolute atomic E-state index is 0.198. The molecule has 3 rings (SSSR count). The molecule has 7 heteroatoms. The summed E-state index contributed by atoms with van der Waals surface area (Å²) < 4.78 is 5.47. The fourth-order valence-corrected chi connectivity index (χ4v) is 4.38. The van der Waals surface area contributed by atoms with Crippen LogP contribution in [0, 0.1) is 5.92 Å². The molecule has 2 fully saturated rings. The summed E-state index contributed by atoms with van der Waals surface area (Å²) in [6.07, 6.45) is 4.62. The number of hydrogen-bond donors (Lipinski definition) is 1. The van der Waals surface area contributed by atoms with E-state index in [0.29, 0.717) is 5.56 Å². The van der Waals surface area contributed by atoms with Crippen molar-refractivity contribution >= 4 is 17.7 Å². The van der Waals surface area contributed by atoms with E-state index in [4.69, 9.17) is 9.84 Å². The normalized spacial score (nSPS) is 18.8. The fraction of sp³-hybridized carbons (Fsp3) is 0.667. The third kappa shape index (κ3) is 7.13. The highest BCUT2D eigenvalue weighted by Gasteiger charge is 2.26. The number of nitrogens with zero attached hydrogens (tertiary/aromatic N) is 3. The predicted molar refractivity (Wildman–Crippen MR) is 122 cm³/mol. The van der Waals surface area contributed by atoms with Gasteiger partial charge in [0, 0.05) is 45.0 Å².